The molecule has 0 fully saturated rings. The fourth-order valence-corrected chi connectivity index (χ4v) is 1.55. The molecule has 1 aromatic rings. The van der Waals surface area contributed by atoms with Crippen LogP contribution in [0.3, 0.4) is 0 Å². The fourth-order valence-electron chi connectivity index (χ4n) is 0.687. The number of hydrogen-bond acceptors (Lipinski definition) is 4. The van der Waals surface area contributed by atoms with E-state index in [4.69, 9.17) is 16.3 Å². The smallest absolute Gasteiger partial charge is 0.342 e. The fraction of sp³-hybridized carbons (Fsp3) is 0.286. The van der Waals surface area contributed by atoms with Crippen molar-refractivity contribution in [3.63, 3.8) is 0 Å². The van der Waals surface area contributed by atoms with E-state index in [2.05, 4.69) is 9.97 Å². The molecular weight excluding hydrogens is 306 g/mol. The Hall–Kier alpha value is -0.430. The third-order valence-corrected chi connectivity index (χ3v) is 2.21. The van der Waals surface area contributed by atoms with Crippen molar-refractivity contribution in [2.45, 2.75) is 6.92 Å². The molecule has 0 saturated carbocycles. The summed E-state index contributed by atoms with van der Waals surface area (Å²) < 4.78 is 5.28. The Morgan fingerprint density at radius 2 is 2.46 bits per heavy atom. The Bertz CT molecular complexity index is 332. The third-order valence-electron chi connectivity index (χ3n) is 1.21. The Morgan fingerprint density at radius 1 is 1.77 bits per heavy atom. The van der Waals surface area contributed by atoms with Crippen LogP contribution >= 0.6 is 34.2 Å². The second-order valence-electron chi connectivity index (χ2n) is 2.06. The Balaban J connectivity index is 2.95. The highest BCUT2D eigenvalue weighted by Gasteiger charge is 2.12. The Kier molecular flexibility index (Phi) is 3.86. The van der Waals surface area contributed by atoms with Crippen LogP contribution in [0.2, 0.25) is 5.28 Å². The van der Waals surface area contributed by atoms with Crippen molar-refractivity contribution in [3.8, 4) is 0 Å². The second-order valence-corrected chi connectivity index (χ2v) is 3.42. The van der Waals surface area contributed by atoms with E-state index in [9.17, 15) is 4.79 Å². The van der Waals surface area contributed by atoms with Crippen LogP contribution in [0.4, 0.5) is 0 Å². The number of aromatic nitrogens is 2. The molecule has 0 saturated heterocycles. The second kappa shape index (κ2) is 4.71. The standard InChI is InChI=1S/C7H6ClIN2O2/c1-2-13-6(12)4-3-10-7(8)11-5(4)9/h3H,2H2,1H3. The summed E-state index contributed by atoms with van der Waals surface area (Å²) in [5, 5.41) is 0.123. The van der Waals surface area contributed by atoms with Gasteiger partial charge in [0.2, 0.25) is 5.28 Å². The lowest BCUT2D eigenvalue weighted by Crippen LogP contribution is -2.08. The van der Waals surface area contributed by atoms with E-state index in [1.165, 1.54) is 6.20 Å². The number of carbonyl (C=O) groups is 1. The summed E-state index contributed by atoms with van der Waals surface area (Å²) in [6, 6.07) is 0. The van der Waals surface area contributed by atoms with E-state index in [-0.39, 0.29) is 5.28 Å². The lowest BCUT2D eigenvalue weighted by atomic mass is 10.3. The van der Waals surface area contributed by atoms with Gasteiger partial charge in [-0.15, -0.1) is 0 Å². The molecule has 0 aliphatic carbocycles. The molecule has 6 heteroatoms. The van der Waals surface area contributed by atoms with E-state index in [0.717, 1.165) is 0 Å². The van der Waals surface area contributed by atoms with Gasteiger partial charge in [-0.1, -0.05) is 0 Å². The van der Waals surface area contributed by atoms with Crippen LogP contribution in [0.1, 0.15) is 17.3 Å². The molecule has 0 atom stereocenters. The zero-order chi connectivity index (χ0) is 9.84. The van der Waals surface area contributed by atoms with Gasteiger partial charge in [0.25, 0.3) is 0 Å². The molecule has 0 N–H and O–H groups in total. The van der Waals surface area contributed by atoms with Crippen LogP contribution < -0.4 is 0 Å². The highest BCUT2D eigenvalue weighted by molar-refractivity contribution is 14.1. The quantitative estimate of drug-likeness (QED) is 0.362. The topological polar surface area (TPSA) is 52.1 Å². The van der Waals surface area contributed by atoms with Crippen LogP contribution in [0.25, 0.3) is 0 Å². The minimum absolute atomic E-state index is 0.123. The molecule has 0 amide bonds. The van der Waals surface area contributed by atoms with E-state index in [1.54, 1.807) is 6.92 Å². The molecule has 1 rings (SSSR count). The zero-order valence-corrected chi connectivity index (χ0v) is 9.66. The molecule has 70 valence electrons. The minimum Gasteiger partial charge on any atom is -0.462 e. The molecule has 0 bridgehead atoms. The molecule has 1 heterocycles. The molecule has 0 aliphatic rings. The number of halogens is 2. The number of ether oxygens (including phenoxy) is 1. The first kappa shape index (κ1) is 10.6. The van der Waals surface area contributed by atoms with Gasteiger partial charge in [0.05, 0.1) is 6.61 Å². The van der Waals surface area contributed by atoms with Crippen molar-refractivity contribution < 1.29 is 9.53 Å². The number of hydrogen-bond donors (Lipinski definition) is 0. The van der Waals surface area contributed by atoms with Gasteiger partial charge in [-0.2, -0.15) is 0 Å². The van der Waals surface area contributed by atoms with E-state index in [1.807, 2.05) is 22.6 Å². The van der Waals surface area contributed by atoms with Gasteiger partial charge < -0.3 is 4.74 Å². The van der Waals surface area contributed by atoms with E-state index < -0.39 is 5.97 Å². The third kappa shape index (κ3) is 2.77. The molecule has 0 aliphatic heterocycles. The maximum Gasteiger partial charge on any atom is 0.342 e. The van der Waals surface area contributed by atoms with E-state index in [0.29, 0.717) is 15.9 Å². The molecule has 0 spiro atoms. The predicted molar refractivity (Wildman–Crippen MR) is 55.7 cm³/mol. The average Bonchev–Trinajstić information content (AvgIpc) is 2.04. The summed E-state index contributed by atoms with van der Waals surface area (Å²) in [4.78, 5) is 18.7. The summed E-state index contributed by atoms with van der Waals surface area (Å²) >= 11 is 7.42. The summed E-state index contributed by atoms with van der Waals surface area (Å²) in [6.07, 6.45) is 1.36. The van der Waals surface area contributed by atoms with Crippen LogP contribution in [0.15, 0.2) is 6.20 Å². The number of rotatable bonds is 2. The first-order chi connectivity index (χ1) is 6.15. The molecular formula is C7H6ClIN2O2. The number of nitrogens with zero attached hydrogens (tertiary/aromatic N) is 2. The summed E-state index contributed by atoms with van der Waals surface area (Å²) in [6.45, 7) is 2.07. The van der Waals surface area contributed by atoms with Crippen LogP contribution in [0, 0.1) is 3.70 Å². The summed E-state index contributed by atoms with van der Waals surface area (Å²) in [5.41, 5.74) is 0.340. The minimum atomic E-state index is -0.427. The van der Waals surface area contributed by atoms with Crippen molar-refractivity contribution in [3.05, 3.63) is 20.7 Å². The SMILES string of the molecule is CCOC(=O)c1cnc(Cl)nc1I. The van der Waals surface area contributed by atoms with Crippen molar-refractivity contribution in [1.29, 1.82) is 0 Å². The lowest BCUT2D eigenvalue weighted by Gasteiger charge is -2.02. The van der Waals surface area contributed by atoms with Gasteiger partial charge in [0, 0.05) is 6.20 Å². The summed E-state index contributed by atoms with van der Waals surface area (Å²) in [7, 11) is 0. The van der Waals surface area contributed by atoms with Crippen molar-refractivity contribution in [2.75, 3.05) is 6.61 Å². The van der Waals surface area contributed by atoms with Crippen LogP contribution in [0.5, 0.6) is 0 Å². The van der Waals surface area contributed by atoms with Gasteiger partial charge in [-0.3, -0.25) is 0 Å². The van der Waals surface area contributed by atoms with Gasteiger partial charge in [-0.25, -0.2) is 14.8 Å². The zero-order valence-electron chi connectivity index (χ0n) is 6.75. The average molecular weight is 312 g/mol. The summed E-state index contributed by atoms with van der Waals surface area (Å²) in [5.74, 6) is -0.427. The first-order valence-electron chi connectivity index (χ1n) is 3.50. The van der Waals surface area contributed by atoms with Gasteiger partial charge in [0.15, 0.2) is 0 Å². The highest BCUT2D eigenvalue weighted by Crippen LogP contribution is 2.11. The van der Waals surface area contributed by atoms with Gasteiger partial charge in [0.1, 0.15) is 9.26 Å². The van der Waals surface area contributed by atoms with Crippen LogP contribution in [-0.2, 0) is 4.74 Å². The molecule has 1 aromatic heterocycles. The Labute approximate surface area is 93.8 Å². The van der Waals surface area contributed by atoms with Gasteiger partial charge in [-0.05, 0) is 41.1 Å². The van der Waals surface area contributed by atoms with Crippen molar-refractivity contribution in [2.24, 2.45) is 0 Å². The van der Waals surface area contributed by atoms with Crippen molar-refractivity contribution >= 4 is 40.2 Å². The monoisotopic (exact) mass is 312 g/mol. The van der Waals surface area contributed by atoms with Gasteiger partial charge >= 0.3 is 5.97 Å². The molecule has 0 aromatic carbocycles. The lowest BCUT2D eigenvalue weighted by molar-refractivity contribution is 0.0524. The number of esters is 1. The highest BCUT2D eigenvalue weighted by atomic mass is 127. The van der Waals surface area contributed by atoms with Crippen LogP contribution in [-0.4, -0.2) is 22.5 Å². The maximum atomic E-state index is 11.2. The van der Waals surface area contributed by atoms with E-state index >= 15 is 0 Å². The molecule has 0 unspecified atom stereocenters. The molecule has 4 nitrogen and oxygen atoms in total. The normalized spacial score (nSPS) is 9.77. The molecule has 0 radical (unpaired) electrons. The molecule has 13 heavy (non-hydrogen) atoms. The number of carbonyl (C=O) groups excluding carboxylic acids is 1. The Morgan fingerprint density at radius 3 is 3.00 bits per heavy atom. The maximum absolute atomic E-state index is 11.2. The van der Waals surface area contributed by atoms with Crippen molar-refractivity contribution in [1.82, 2.24) is 9.97 Å². The predicted octanol–water partition coefficient (Wildman–Crippen LogP) is 1.91. The first-order valence-corrected chi connectivity index (χ1v) is 4.96. The largest absolute Gasteiger partial charge is 0.462 e.